The van der Waals surface area contributed by atoms with Crippen LogP contribution in [0.15, 0.2) is 0 Å². The summed E-state index contributed by atoms with van der Waals surface area (Å²) in [5, 5.41) is 0. The van der Waals surface area contributed by atoms with Crippen molar-refractivity contribution in [3.63, 3.8) is 0 Å². The predicted octanol–water partition coefficient (Wildman–Crippen LogP) is 3.19. The van der Waals surface area contributed by atoms with Crippen molar-refractivity contribution in [2.24, 2.45) is 29.6 Å². The van der Waals surface area contributed by atoms with Crippen molar-refractivity contribution >= 4 is 5.78 Å². The molecule has 0 aromatic heterocycles. The Balaban J connectivity index is 1.55. The van der Waals surface area contributed by atoms with E-state index in [4.69, 9.17) is 0 Å². The van der Waals surface area contributed by atoms with E-state index in [1.54, 1.807) is 0 Å². The lowest BCUT2D eigenvalue weighted by molar-refractivity contribution is -0.144. The van der Waals surface area contributed by atoms with Crippen LogP contribution in [-0.2, 0) is 4.79 Å². The van der Waals surface area contributed by atoms with Crippen molar-refractivity contribution in [1.29, 1.82) is 0 Å². The molecule has 3 rings (SSSR count). The number of Topliss-reactive ketones (excluding diaryl/α,β-unsaturated/α-hetero) is 1. The van der Waals surface area contributed by atoms with Gasteiger partial charge in [0.15, 0.2) is 0 Å². The Morgan fingerprint density at radius 3 is 2.19 bits per heavy atom. The molecule has 0 N–H and O–H groups in total. The summed E-state index contributed by atoms with van der Waals surface area (Å²) in [6, 6.07) is 0. The third-order valence-electron chi connectivity index (χ3n) is 4.76. The second-order valence-electron chi connectivity index (χ2n) is 5.60. The van der Waals surface area contributed by atoms with Crippen LogP contribution in [0, 0.1) is 29.6 Å². The van der Waals surface area contributed by atoms with E-state index in [0.29, 0.717) is 23.7 Å². The maximum atomic E-state index is 12.0. The predicted molar refractivity (Wildman–Crippen MR) is 51.6 cm³/mol. The lowest BCUT2D eigenvalue weighted by Crippen LogP contribution is -2.14. The molecule has 0 aliphatic heterocycles. The Bertz CT molecular complexity index is 307. The summed E-state index contributed by atoms with van der Waals surface area (Å²) >= 11 is 0. The smallest absolute Gasteiger partial charge is 0.299 e. The molecule has 0 aromatic rings. The molecule has 4 atom stereocenters. The molecule has 1 nitrogen and oxygen atoms in total. The maximum absolute atomic E-state index is 12.0. The number of hydrogen-bond acceptors (Lipinski definition) is 1. The molecule has 4 heteroatoms. The first-order chi connectivity index (χ1) is 7.47. The van der Waals surface area contributed by atoms with Gasteiger partial charge < -0.3 is 0 Å². The highest BCUT2D eigenvalue weighted by atomic mass is 19.4. The van der Waals surface area contributed by atoms with Gasteiger partial charge in [-0.2, -0.15) is 13.2 Å². The lowest BCUT2D eigenvalue weighted by atomic mass is 9.98. The first-order valence-corrected chi connectivity index (χ1v) is 6.07. The minimum absolute atomic E-state index is 0.00796. The monoisotopic (exact) mass is 232 g/mol. The minimum atomic E-state index is -4.18. The molecule has 0 heterocycles. The van der Waals surface area contributed by atoms with Crippen LogP contribution < -0.4 is 0 Å². The normalized spacial score (nSPS) is 44.6. The van der Waals surface area contributed by atoms with E-state index in [0.717, 1.165) is 0 Å². The summed E-state index contributed by atoms with van der Waals surface area (Å²) in [7, 11) is 0. The number of carbonyl (C=O) groups excluding carboxylic acids is 1. The van der Waals surface area contributed by atoms with E-state index in [2.05, 4.69) is 0 Å². The Hall–Kier alpha value is -0.540. The third-order valence-corrected chi connectivity index (χ3v) is 4.76. The van der Waals surface area contributed by atoms with Gasteiger partial charge in [0, 0.05) is 12.3 Å². The summed E-state index contributed by atoms with van der Waals surface area (Å²) in [5.74, 6) is 2.15. The molecule has 16 heavy (non-hydrogen) atoms. The standard InChI is InChI=1S/C12H15F3O/c13-12(14,15)4-3-8(16)11-9-6-1-2-7(5-6)10(9)11/h6-7,9-11H,1-5H2. The van der Waals surface area contributed by atoms with Crippen molar-refractivity contribution in [2.75, 3.05) is 0 Å². The zero-order valence-electron chi connectivity index (χ0n) is 8.96. The lowest BCUT2D eigenvalue weighted by Gasteiger charge is -2.09. The minimum Gasteiger partial charge on any atom is -0.299 e. The third kappa shape index (κ3) is 1.57. The van der Waals surface area contributed by atoms with Gasteiger partial charge in [-0.1, -0.05) is 0 Å². The number of rotatable bonds is 3. The van der Waals surface area contributed by atoms with Crippen molar-refractivity contribution in [3.05, 3.63) is 0 Å². The highest BCUT2D eigenvalue weighted by Gasteiger charge is 2.66. The van der Waals surface area contributed by atoms with E-state index in [-0.39, 0.29) is 18.1 Å². The Labute approximate surface area is 92.4 Å². The Kier molecular flexibility index (Phi) is 2.14. The van der Waals surface area contributed by atoms with Crippen LogP contribution in [0.1, 0.15) is 32.1 Å². The van der Waals surface area contributed by atoms with Gasteiger partial charge in [0.2, 0.25) is 0 Å². The number of halogens is 3. The molecule has 90 valence electrons. The molecule has 3 aliphatic rings. The summed E-state index contributed by atoms with van der Waals surface area (Å²) < 4.78 is 36.0. The number of alkyl halides is 3. The van der Waals surface area contributed by atoms with Crippen LogP contribution in [0.3, 0.4) is 0 Å². The molecule has 0 aromatic carbocycles. The van der Waals surface area contributed by atoms with Crippen LogP contribution >= 0.6 is 0 Å². The van der Waals surface area contributed by atoms with E-state index in [1.807, 2.05) is 0 Å². The topological polar surface area (TPSA) is 17.1 Å². The summed E-state index contributed by atoms with van der Waals surface area (Å²) in [4.78, 5) is 11.7. The first-order valence-electron chi connectivity index (χ1n) is 6.07. The zero-order valence-corrected chi connectivity index (χ0v) is 8.96. The SMILES string of the molecule is O=C(CCC(F)(F)F)C1C2C3CCC(C3)C12. The van der Waals surface area contributed by atoms with Crippen LogP contribution in [0.2, 0.25) is 0 Å². The van der Waals surface area contributed by atoms with Gasteiger partial charge in [0.25, 0.3) is 0 Å². The van der Waals surface area contributed by atoms with Gasteiger partial charge in [-0.25, -0.2) is 0 Å². The molecule has 2 bridgehead atoms. The Morgan fingerprint density at radius 1 is 1.12 bits per heavy atom. The van der Waals surface area contributed by atoms with Crippen molar-refractivity contribution < 1.29 is 18.0 Å². The van der Waals surface area contributed by atoms with Crippen molar-refractivity contribution in [1.82, 2.24) is 0 Å². The average Bonchev–Trinajstić information content (AvgIpc) is 2.63. The molecular formula is C12H15F3O. The quantitative estimate of drug-likeness (QED) is 0.730. The van der Waals surface area contributed by atoms with Crippen molar-refractivity contribution in [2.45, 2.75) is 38.3 Å². The average molecular weight is 232 g/mol. The van der Waals surface area contributed by atoms with Gasteiger partial charge in [-0.3, -0.25) is 4.79 Å². The molecule has 0 amide bonds. The molecule has 0 radical (unpaired) electrons. The van der Waals surface area contributed by atoms with E-state index in [9.17, 15) is 18.0 Å². The van der Waals surface area contributed by atoms with Gasteiger partial charge in [-0.05, 0) is 42.9 Å². The fraction of sp³-hybridized carbons (Fsp3) is 0.917. The fourth-order valence-electron chi connectivity index (χ4n) is 4.19. The van der Waals surface area contributed by atoms with E-state index in [1.165, 1.54) is 19.3 Å². The number of fused-ring (bicyclic) bond motifs is 5. The molecular weight excluding hydrogens is 217 g/mol. The molecule has 3 fully saturated rings. The number of hydrogen-bond donors (Lipinski definition) is 0. The van der Waals surface area contributed by atoms with Gasteiger partial charge in [0.05, 0.1) is 6.42 Å². The maximum Gasteiger partial charge on any atom is 0.389 e. The summed E-state index contributed by atoms with van der Waals surface area (Å²) in [6.07, 6.45) is -1.77. The Morgan fingerprint density at radius 2 is 1.69 bits per heavy atom. The largest absolute Gasteiger partial charge is 0.389 e. The molecule has 4 unspecified atom stereocenters. The number of carbonyl (C=O) groups is 1. The highest BCUT2D eigenvalue weighted by Crippen LogP contribution is 2.69. The fourth-order valence-corrected chi connectivity index (χ4v) is 4.19. The van der Waals surface area contributed by atoms with E-state index < -0.39 is 12.6 Å². The van der Waals surface area contributed by atoms with Crippen LogP contribution in [-0.4, -0.2) is 12.0 Å². The van der Waals surface area contributed by atoms with Gasteiger partial charge in [0.1, 0.15) is 5.78 Å². The summed E-state index contributed by atoms with van der Waals surface area (Å²) in [6.45, 7) is 0. The molecule has 0 saturated heterocycles. The molecule has 3 aliphatic carbocycles. The molecule has 0 spiro atoms. The van der Waals surface area contributed by atoms with Gasteiger partial charge in [-0.15, -0.1) is 0 Å². The second-order valence-corrected chi connectivity index (χ2v) is 5.60. The first kappa shape index (κ1) is 10.6. The van der Waals surface area contributed by atoms with Crippen molar-refractivity contribution in [3.8, 4) is 0 Å². The second kappa shape index (κ2) is 3.23. The van der Waals surface area contributed by atoms with Crippen LogP contribution in [0.4, 0.5) is 13.2 Å². The van der Waals surface area contributed by atoms with Crippen LogP contribution in [0.25, 0.3) is 0 Å². The molecule has 3 saturated carbocycles. The van der Waals surface area contributed by atoms with Gasteiger partial charge >= 0.3 is 6.18 Å². The zero-order chi connectivity index (χ0) is 11.5. The number of ketones is 1. The highest BCUT2D eigenvalue weighted by molar-refractivity contribution is 5.84. The van der Waals surface area contributed by atoms with Crippen LogP contribution in [0.5, 0.6) is 0 Å². The van der Waals surface area contributed by atoms with E-state index >= 15 is 0 Å². The summed E-state index contributed by atoms with van der Waals surface area (Å²) in [5.41, 5.74) is 0.